The van der Waals surface area contributed by atoms with Gasteiger partial charge in [-0.05, 0) is 28.8 Å². The van der Waals surface area contributed by atoms with Crippen LogP contribution in [-0.4, -0.2) is 38.1 Å². The van der Waals surface area contributed by atoms with Gasteiger partial charge in [-0.1, -0.05) is 10.8 Å². The number of rotatable bonds is 4. The van der Waals surface area contributed by atoms with Gasteiger partial charge in [-0.2, -0.15) is 0 Å². The third-order valence-electron chi connectivity index (χ3n) is 2.35. The van der Waals surface area contributed by atoms with Crippen molar-refractivity contribution in [2.24, 2.45) is 0 Å². The maximum atomic E-state index is 10.9. The van der Waals surface area contributed by atoms with E-state index < -0.39 is 16.9 Å². The minimum atomic E-state index is -1.27. The molecule has 1 aliphatic heterocycles. The summed E-state index contributed by atoms with van der Waals surface area (Å²) >= 11 is 0. The van der Waals surface area contributed by atoms with Gasteiger partial charge in [0.2, 0.25) is 5.88 Å². The van der Waals surface area contributed by atoms with Crippen LogP contribution in [0, 0.1) is 54.2 Å². The zero-order valence-electron chi connectivity index (χ0n) is 9.88. The Morgan fingerprint density at radius 3 is 2.95 bits per heavy atom. The molecule has 0 amide bonds. The van der Waals surface area contributed by atoms with Crippen molar-refractivity contribution in [3.63, 3.8) is 0 Å². The van der Waals surface area contributed by atoms with E-state index in [0.717, 1.165) is 0 Å². The molecule has 8 nitrogen and oxygen atoms in total. The number of aromatic hydroxyl groups is 1. The second kappa shape index (κ2) is 7.68. The predicted molar refractivity (Wildman–Crippen MR) is 66.7 cm³/mol. The maximum Gasteiger partial charge on any atom is 0.341 e. The van der Waals surface area contributed by atoms with E-state index in [0.29, 0.717) is 17.0 Å². The van der Waals surface area contributed by atoms with Gasteiger partial charge in [-0.15, -0.1) is 10.1 Å². The Kier molecular flexibility index (Phi) is 6.84. The predicted octanol–water partition coefficient (Wildman–Crippen LogP) is 1.36. The Balaban J connectivity index is 0.00000200. The molecular formula is C9H8AcN2O6S2. The Morgan fingerprint density at radius 2 is 2.35 bits per heavy atom. The first-order chi connectivity index (χ1) is 8.97. The van der Waals surface area contributed by atoms with Crippen molar-refractivity contribution in [1.29, 1.82) is 0 Å². The number of fused-ring (bicyclic) bond motifs is 1. The summed E-state index contributed by atoms with van der Waals surface area (Å²) in [5.41, 5.74) is 0.357. The van der Waals surface area contributed by atoms with Gasteiger partial charge in [-0.25, -0.2) is 9.78 Å². The van der Waals surface area contributed by atoms with Crippen LogP contribution < -0.4 is 0 Å². The summed E-state index contributed by atoms with van der Waals surface area (Å²) in [6.45, 7) is -0.0760. The third kappa shape index (κ3) is 4.38. The first-order valence-electron chi connectivity index (χ1n) is 5.04. The molecule has 0 aliphatic carbocycles. The maximum absolute atomic E-state index is 10.9. The van der Waals surface area contributed by atoms with E-state index in [1.807, 2.05) is 0 Å². The average Bonchev–Trinajstić information content (AvgIpc) is 2.35. The molecule has 0 spiro atoms. The van der Waals surface area contributed by atoms with Crippen LogP contribution in [0.2, 0.25) is 0 Å². The van der Waals surface area contributed by atoms with Crippen molar-refractivity contribution < 1.29 is 69.0 Å². The smallest absolute Gasteiger partial charge is 0.341 e. The minimum absolute atomic E-state index is 0. The van der Waals surface area contributed by atoms with E-state index in [2.05, 4.69) is 9.82 Å². The fourth-order valence-corrected chi connectivity index (χ4v) is 3.98. The normalized spacial score (nSPS) is 16.7. The Bertz CT molecular complexity index is 543. The molecule has 0 saturated heterocycles. The fourth-order valence-electron chi connectivity index (χ4n) is 1.53. The summed E-state index contributed by atoms with van der Waals surface area (Å²) in [5.74, 6) is -1.80. The molecule has 0 aromatic carbocycles. The summed E-state index contributed by atoms with van der Waals surface area (Å²) in [6.07, 6.45) is 0.397. The van der Waals surface area contributed by atoms with Gasteiger partial charge in [0.05, 0.1) is 0 Å². The van der Waals surface area contributed by atoms with Gasteiger partial charge < -0.3 is 15.1 Å². The fraction of sp³-hybridized carbons (Fsp3) is 0.333. The van der Waals surface area contributed by atoms with Crippen LogP contribution in [0.5, 0.6) is 5.88 Å². The Hall–Kier alpha value is -0.238. The molecule has 1 unspecified atom stereocenters. The molecule has 105 valence electrons. The summed E-state index contributed by atoms with van der Waals surface area (Å²) in [5, 5.41) is 27.9. The van der Waals surface area contributed by atoms with Crippen molar-refractivity contribution in [1.82, 2.24) is 4.98 Å². The van der Waals surface area contributed by atoms with Gasteiger partial charge in [0.15, 0.2) is 0 Å². The molecule has 11 heteroatoms. The molecule has 1 aromatic rings. The molecule has 2 rings (SSSR count). The quantitative estimate of drug-likeness (QED) is 0.337. The molecule has 1 atom stereocenters. The van der Waals surface area contributed by atoms with E-state index in [-0.39, 0.29) is 61.5 Å². The number of hydrogen-bond donors (Lipinski definition) is 2. The van der Waals surface area contributed by atoms with Gasteiger partial charge in [-0.3, -0.25) is 0 Å². The summed E-state index contributed by atoms with van der Waals surface area (Å²) in [7, 11) is 2.57. The number of carboxylic acid groups (broad SMARTS) is 1. The number of aromatic carboxylic acids is 1. The number of hydrogen-bond acceptors (Lipinski definition) is 8. The van der Waals surface area contributed by atoms with Crippen LogP contribution in [0.3, 0.4) is 0 Å². The zero-order valence-corrected chi connectivity index (χ0v) is 16.3. The van der Waals surface area contributed by atoms with Crippen molar-refractivity contribution >= 4 is 27.6 Å². The molecule has 1 aliphatic rings. The van der Waals surface area contributed by atoms with Crippen LogP contribution >= 0.6 is 21.6 Å². The zero-order chi connectivity index (χ0) is 14.0. The molecule has 1 radical (unpaired) electrons. The molecule has 2 N–H and O–H groups in total. The Labute approximate surface area is 156 Å². The molecule has 20 heavy (non-hydrogen) atoms. The minimum Gasteiger partial charge on any atom is -0.493 e. The van der Waals surface area contributed by atoms with Crippen LogP contribution in [0.25, 0.3) is 0 Å². The Morgan fingerprint density at radius 1 is 1.65 bits per heavy atom. The van der Waals surface area contributed by atoms with Gasteiger partial charge in [0.1, 0.15) is 17.2 Å². The van der Waals surface area contributed by atoms with E-state index >= 15 is 0 Å². The first kappa shape index (κ1) is 17.8. The summed E-state index contributed by atoms with van der Waals surface area (Å²) in [4.78, 5) is 29.1. The SMILES string of the molecule is O=C(O)c1cc2c(nc1O)SSC(CO[N+](=O)[O-])C2.[Ac]. The van der Waals surface area contributed by atoms with Gasteiger partial charge >= 0.3 is 5.97 Å². The van der Waals surface area contributed by atoms with Crippen molar-refractivity contribution in [2.75, 3.05) is 6.61 Å². The van der Waals surface area contributed by atoms with E-state index in [9.17, 15) is 20.0 Å². The number of nitrogens with zero attached hydrogens (tertiary/aromatic N) is 2. The first-order valence-corrected chi connectivity index (χ1v) is 7.25. The van der Waals surface area contributed by atoms with E-state index in [1.165, 1.54) is 27.7 Å². The van der Waals surface area contributed by atoms with Gasteiger partial charge in [0, 0.05) is 49.3 Å². The van der Waals surface area contributed by atoms with Crippen LogP contribution in [-0.2, 0) is 11.3 Å². The van der Waals surface area contributed by atoms with Crippen LogP contribution in [0.4, 0.5) is 0 Å². The molecule has 1 aromatic heterocycles. The monoisotopic (exact) mass is 531 g/mol. The largest absolute Gasteiger partial charge is 0.493 e. The second-order valence-electron chi connectivity index (χ2n) is 3.65. The average molecular weight is 531 g/mol. The molecular weight excluding hydrogens is 523 g/mol. The molecule has 0 saturated carbocycles. The third-order valence-corrected chi connectivity index (χ3v) is 5.11. The molecule has 0 bridgehead atoms. The van der Waals surface area contributed by atoms with Crippen molar-refractivity contribution in [2.45, 2.75) is 16.7 Å². The standard InChI is InChI=1S/C9H8N2O6S2.Ac/c12-7-6(9(13)14)2-4-1-5(3-17-11(15)16)18-19-8(4)10-7;/h2,5H,1,3H2,(H,10,12)(H,13,14);. The van der Waals surface area contributed by atoms with Crippen LogP contribution in [0.15, 0.2) is 11.1 Å². The number of aromatic nitrogens is 1. The number of pyridine rings is 1. The number of carbonyl (C=O) groups is 1. The van der Waals surface area contributed by atoms with Crippen LogP contribution in [0.1, 0.15) is 15.9 Å². The van der Waals surface area contributed by atoms with E-state index in [1.54, 1.807) is 0 Å². The topological polar surface area (TPSA) is 123 Å². The van der Waals surface area contributed by atoms with Crippen molar-refractivity contribution in [3.05, 3.63) is 27.3 Å². The number of carboxylic acids is 1. The second-order valence-corrected chi connectivity index (χ2v) is 6.14. The summed E-state index contributed by atoms with van der Waals surface area (Å²) < 4.78 is 0. The molecule has 2 heterocycles. The molecule has 0 fully saturated rings. The van der Waals surface area contributed by atoms with E-state index in [4.69, 9.17) is 5.11 Å². The van der Waals surface area contributed by atoms with Crippen molar-refractivity contribution in [3.8, 4) is 5.88 Å². The van der Waals surface area contributed by atoms with Gasteiger partial charge in [0.25, 0.3) is 5.09 Å². The summed E-state index contributed by atoms with van der Waals surface area (Å²) in [6, 6.07) is 1.34.